The van der Waals surface area contributed by atoms with Crippen molar-refractivity contribution in [1.29, 1.82) is 0 Å². The van der Waals surface area contributed by atoms with Crippen molar-refractivity contribution in [2.75, 3.05) is 26.1 Å². The molecule has 7 N–H and O–H groups in total. The molecule has 3 rings (SSSR count). The quantitative estimate of drug-likeness (QED) is 0.190. The second-order valence-corrected chi connectivity index (χ2v) is 9.66. The van der Waals surface area contributed by atoms with E-state index in [4.69, 9.17) is 10.5 Å². The molecule has 0 saturated heterocycles. The van der Waals surface area contributed by atoms with E-state index in [-0.39, 0.29) is 74.3 Å². The fraction of sp³-hybridized carbons (Fsp3) is 0.429. The number of carbonyl (C=O) groups excluding carboxylic acids is 4. The zero-order valence-corrected chi connectivity index (χ0v) is 21.5. The van der Waals surface area contributed by atoms with Crippen LogP contribution in [0.15, 0.2) is 30.3 Å². The molecule has 0 heterocycles. The lowest BCUT2D eigenvalue weighted by molar-refractivity contribution is -0.131. The van der Waals surface area contributed by atoms with E-state index in [0.717, 1.165) is 0 Å². The molecular weight excluding hydrogens is 494 g/mol. The van der Waals surface area contributed by atoms with Gasteiger partial charge in [-0.1, -0.05) is 6.07 Å². The van der Waals surface area contributed by atoms with Gasteiger partial charge in [0.15, 0.2) is 5.78 Å². The summed E-state index contributed by atoms with van der Waals surface area (Å²) in [5.74, 6) is -3.15. The van der Waals surface area contributed by atoms with Gasteiger partial charge in [-0.15, -0.1) is 0 Å². The minimum Gasteiger partial charge on any atom is -0.507 e. The molecule has 3 atom stereocenters. The van der Waals surface area contributed by atoms with E-state index in [9.17, 15) is 34.5 Å². The summed E-state index contributed by atoms with van der Waals surface area (Å²) in [4.78, 5) is 49.4. The van der Waals surface area contributed by atoms with E-state index in [1.807, 2.05) is 0 Å². The van der Waals surface area contributed by atoms with Crippen LogP contribution >= 0.6 is 0 Å². The fourth-order valence-electron chi connectivity index (χ4n) is 5.33. The number of rotatable bonds is 11. The molecule has 0 radical (unpaired) electrons. The Hall–Kier alpha value is -3.60. The number of nitrogens with two attached hydrogens (primary N) is 1. The number of ether oxygens (including phenoxy) is 1. The van der Waals surface area contributed by atoms with Gasteiger partial charge in [0.1, 0.15) is 17.3 Å². The van der Waals surface area contributed by atoms with Gasteiger partial charge in [-0.25, -0.2) is 4.79 Å². The minimum absolute atomic E-state index is 0. The zero-order valence-electron chi connectivity index (χ0n) is 21.5. The van der Waals surface area contributed by atoms with Crippen molar-refractivity contribution in [3.63, 3.8) is 0 Å². The van der Waals surface area contributed by atoms with Crippen molar-refractivity contribution in [1.82, 2.24) is 0 Å². The first-order valence-electron chi connectivity index (χ1n) is 12.2. The van der Waals surface area contributed by atoms with E-state index in [1.54, 1.807) is 18.2 Å². The van der Waals surface area contributed by atoms with Crippen LogP contribution in [0.1, 0.15) is 61.7 Å². The summed E-state index contributed by atoms with van der Waals surface area (Å²) in [6, 6.07) is 7.87. The third kappa shape index (κ3) is 6.83. The Bertz CT molecular complexity index is 1220. The Balaban J connectivity index is 0.00000507. The highest BCUT2D eigenvalue weighted by Gasteiger charge is 2.35. The second kappa shape index (κ2) is 13.3. The van der Waals surface area contributed by atoms with Gasteiger partial charge >= 0.3 is 5.97 Å². The van der Waals surface area contributed by atoms with Gasteiger partial charge in [0.2, 0.25) is 0 Å². The molecule has 2 aromatic carbocycles. The van der Waals surface area contributed by atoms with E-state index >= 15 is 0 Å². The van der Waals surface area contributed by atoms with Crippen LogP contribution in [-0.4, -0.2) is 64.4 Å². The predicted molar refractivity (Wildman–Crippen MR) is 144 cm³/mol. The smallest absolute Gasteiger partial charge is 0.337 e. The van der Waals surface area contributed by atoms with E-state index in [1.165, 1.54) is 26.2 Å². The summed E-state index contributed by atoms with van der Waals surface area (Å²) in [5.41, 5.74) is 8.63. The zero-order chi connectivity index (χ0) is 27.3. The number of Topliss-reactive ketones (excluding diaryl/α,β-unsaturated/α-hetero) is 3. The summed E-state index contributed by atoms with van der Waals surface area (Å²) in [6.07, 6.45) is 0.802. The molecule has 0 aliphatic heterocycles. The molecule has 0 amide bonds. The third-order valence-corrected chi connectivity index (χ3v) is 6.96. The number of aliphatic hydroxyl groups excluding tert-OH is 2. The third-order valence-electron chi connectivity index (χ3n) is 6.96. The summed E-state index contributed by atoms with van der Waals surface area (Å²) >= 11 is 0. The highest BCUT2D eigenvalue weighted by molar-refractivity contribution is 6.03. The molecule has 10 nitrogen and oxygen atoms in total. The van der Waals surface area contributed by atoms with Crippen LogP contribution in [0, 0.1) is 17.8 Å². The van der Waals surface area contributed by atoms with Crippen LogP contribution in [0.25, 0.3) is 11.1 Å². The number of esters is 1. The normalized spacial score (nSPS) is 16.1. The van der Waals surface area contributed by atoms with Crippen molar-refractivity contribution < 1.29 is 47.6 Å². The van der Waals surface area contributed by atoms with Gasteiger partial charge in [0, 0.05) is 27.5 Å². The first kappa shape index (κ1) is 30.6. The molecule has 1 aliphatic carbocycles. The molecule has 3 unspecified atom stereocenters. The number of nitrogen functional groups attached to an aromatic ring is 1. The minimum atomic E-state index is -0.826. The van der Waals surface area contributed by atoms with Crippen molar-refractivity contribution >= 4 is 29.0 Å². The summed E-state index contributed by atoms with van der Waals surface area (Å²) in [6.45, 7) is 0.636. The van der Waals surface area contributed by atoms with Gasteiger partial charge in [-0.2, -0.15) is 0 Å². The lowest BCUT2D eigenvalue weighted by Crippen LogP contribution is -2.32. The van der Waals surface area contributed by atoms with Crippen molar-refractivity contribution in [2.45, 2.75) is 39.0 Å². The Morgan fingerprint density at radius 2 is 1.87 bits per heavy atom. The van der Waals surface area contributed by atoms with Gasteiger partial charge in [-0.05, 0) is 79.0 Å². The van der Waals surface area contributed by atoms with Crippen molar-refractivity contribution in [3.8, 4) is 16.9 Å². The van der Waals surface area contributed by atoms with Crippen LogP contribution in [0.5, 0.6) is 5.75 Å². The molecule has 0 fully saturated rings. The largest absolute Gasteiger partial charge is 0.507 e. The molecule has 0 spiro atoms. The van der Waals surface area contributed by atoms with Crippen molar-refractivity contribution in [3.05, 3.63) is 47.0 Å². The maximum Gasteiger partial charge on any atom is 0.337 e. The SMILES string of the molecule is COC(=O)c1cc(N)cc(-c2ccc(O)c3c2CC(CC(CCO)C(CO)C(=O)CC(C)=O)CC3=O)c1.O.[HH].[HH]. The standard InChI is InChI=1S/C28H33NO8.H2O.2H2/c1-15(32)7-25(34)23(14-31)17(5-6-30)8-16-9-22-21(3-4-24(33)27(22)26(35)10-16)18-11-19(28(36)37-2)13-20(29)12-18;;;/h3-4,11-13,16-17,23,30-31,33H,5-10,14,29H2,1-2H3;1H2;2*1H. The first-order chi connectivity index (χ1) is 17.6. The number of carbonyl (C=O) groups is 4. The second-order valence-electron chi connectivity index (χ2n) is 9.66. The first-order valence-corrected chi connectivity index (χ1v) is 12.2. The Labute approximate surface area is 223 Å². The van der Waals surface area contributed by atoms with Crippen LogP contribution in [-0.2, 0) is 20.7 Å². The highest BCUT2D eigenvalue weighted by atomic mass is 16.5. The molecule has 1 aliphatic rings. The number of phenolic OH excluding ortho intramolecular Hbond substituents is 1. The average Bonchev–Trinajstić information content (AvgIpc) is 2.83. The van der Waals surface area contributed by atoms with Crippen molar-refractivity contribution in [2.24, 2.45) is 17.8 Å². The number of hydrogen-bond acceptors (Lipinski definition) is 9. The van der Waals surface area contributed by atoms with Crippen LogP contribution in [0.4, 0.5) is 5.69 Å². The maximum atomic E-state index is 13.2. The lowest BCUT2D eigenvalue weighted by atomic mass is 9.72. The molecule has 0 bridgehead atoms. The number of ketones is 3. The summed E-state index contributed by atoms with van der Waals surface area (Å²) < 4.78 is 4.81. The summed E-state index contributed by atoms with van der Waals surface area (Å²) in [7, 11) is 1.26. The number of aliphatic hydroxyl groups is 2. The summed E-state index contributed by atoms with van der Waals surface area (Å²) in [5, 5.41) is 30.1. The number of hydrogen-bond donors (Lipinski definition) is 4. The number of benzene rings is 2. The number of aromatic hydroxyl groups is 1. The number of methoxy groups -OCH3 is 1. The van der Waals surface area contributed by atoms with Gasteiger partial charge in [0.05, 0.1) is 31.3 Å². The lowest BCUT2D eigenvalue weighted by Gasteiger charge is -2.31. The van der Waals surface area contributed by atoms with Gasteiger partial charge in [0.25, 0.3) is 0 Å². The Morgan fingerprint density at radius 3 is 2.47 bits per heavy atom. The van der Waals surface area contributed by atoms with Gasteiger partial charge < -0.3 is 31.3 Å². The van der Waals surface area contributed by atoms with Gasteiger partial charge in [-0.3, -0.25) is 14.4 Å². The molecule has 10 heteroatoms. The van der Waals surface area contributed by atoms with E-state index in [2.05, 4.69) is 0 Å². The van der Waals surface area contributed by atoms with E-state index in [0.29, 0.717) is 35.2 Å². The predicted octanol–water partition coefficient (Wildman–Crippen LogP) is 2.39. The monoisotopic (exact) mass is 533 g/mol. The average molecular weight is 534 g/mol. The fourth-order valence-corrected chi connectivity index (χ4v) is 5.33. The van der Waals surface area contributed by atoms with Crippen LogP contribution in [0.3, 0.4) is 0 Å². The molecule has 0 aromatic heterocycles. The molecule has 0 saturated carbocycles. The number of anilines is 1. The van der Waals surface area contributed by atoms with Crippen LogP contribution in [0.2, 0.25) is 0 Å². The van der Waals surface area contributed by atoms with E-state index < -0.39 is 24.4 Å². The molecular formula is C28H39NO9. The number of phenols is 1. The Kier molecular flexibility index (Phi) is 10.7. The number of fused-ring (bicyclic) bond motifs is 1. The molecule has 2 aromatic rings. The Morgan fingerprint density at radius 1 is 1.16 bits per heavy atom. The highest BCUT2D eigenvalue weighted by Crippen LogP contribution is 2.41. The molecule has 38 heavy (non-hydrogen) atoms. The topological polar surface area (TPSA) is 196 Å². The molecule has 210 valence electrons. The van der Waals surface area contributed by atoms with Crippen LogP contribution < -0.4 is 5.73 Å². The maximum absolute atomic E-state index is 13.2.